The summed E-state index contributed by atoms with van der Waals surface area (Å²) in [5.74, 6) is 0.773. The van der Waals surface area contributed by atoms with Crippen LogP contribution in [0.4, 0.5) is 23.1 Å². The number of hydrogen-bond donors (Lipinski definition) is 1. The van der Waals surface area contributed by atoms with E-state index in [0.717, 1.165) is 18.1 Å². The van der Waals surface area contributed by atoms with Crippen LogP contribution < -0.4 is 10.2 Å². The average Bonchev–Trinajstić information content (AvgIpc) is 2.69. The minimum Gasteiger partial charge on any atom is -0.465 e. The number of nitrogens with zero attached hydrogens (tertiary/aromatic N) is 3. The van der Waals surface area contributed by atoms with Gasteiger partial charge in [0.25, 0.3) is 0 Å². The van der Waals surface area contributed by atoms with Crippen molar-refractivity contribution in [1.82, 2.24) is 9.97 Å². The molecule has 0 bridgehead atoms. The van der Waals surface area contributed by atoms with E-state index in [9.17, 15) is 4.79 Å². The normalized spacial score (nSPS) is 10.3. The first-order valence-corrected chi connectivity index (χ1v) is 8.74. The van der Waals surface area contributed by atoms with Crippen molar-refractivity contribution in [1.29, 1.82) is 0 Å². The van der Waals surface area contributed by atoms with Crippen LogP contribution in [0.25, 0.3) is 0 Å². The summed E-state index contributed by atoms with van der Waals surface area (Å²) in [6.07, 6.45) is 1.70. The number of rotatable bonds is 6. The largest absolute Gasteiger partial charge is 0.465 e. The number of aryl methyl sites for hydroxylation is 1. The zero-order valence-electron chi connectivity index (χ0n) is 15.6. The fourth-order valence-corrected chi connectivity index (χ4v) is 2.83. The van der Waals surface area contributed by atoms with Crippen molar-refractivity contribution < 1.29 is 9.53 Å². The molecule has 1 aromatic heterocycles. The summed E-state index contributed by atoms with van der Waals surface area (Å²) < 4.78 is 4.84. The number of aromatic nitrogens is 2. The number of para-hydroxylation sites is 1. The zero-order chi connectivity index (χ0) is 19.2. The molecular weight excluding hydrogens is 340 g/mol. The molecule has 0 saturated carbocycles. The van der Waals surface area contributed by atoms with E-state index in [1.54, 1.807) is 24.4 Å². The molecule has 0 unspecified atom stereocenters. The van der Waals surface area contributed by atoms with Gasteiger partial charge in [-0.05, 0) is 49.7 Å². The van der Waals surface area contributed by atoms with Crippen molar-refractivity contribution in [3.8, 4) is 0 Å². The Morgan fingerprint density at radius 1 is 1.15 bits per heavy atom. The van der Waals surface area contributed by atoms with E-state index in [1.807, 2.05) is 18.2 Å². The van der Waals surface area contributed by atoms with Gasteiger partial charge in [0, 0.05) is 18.4 Å². The lowest BCUT2D eigenvalue weighted by atomic mass is 10.2. The van der Waals surface area contributed by atoms with Crippen LogP contribution in [0, 0.1) is 6.92 Å². The van der Waals surface area contributed by atoms with Gasteiger partial charge >= 0.3 is 5.97 Å². The van der Waals surface area contributed by atoms with Gasteiger partial charge in [0.15, 0.2) is 0 Å². The fourth-order valence-electron chi connectivity index (χ4n) is 2.83. The highest BCUT2D eigenvalue weighted by molar-refractivity contribution is 5.96. The summed E-state index contributed by atoms with van der Waals surface area (Å²) in [5.41, 5.74) is 3.28. The number of carbonyl (C=O) groups excluding carboxylic acids is 1. The number of anilines is 4. The van der Waals surface area contributed by atoms with Gasteiger partial charge in [0.05, 0.1) is 18.4 Å². The number of hydrogen-bond acceptors (Lipinski definition) is 6. The minimum absolute atomic E-state index is 0.412. The van der Waals surface area contributed by atoms with Gasteiger partial charge in [-0.1, -0.05) is 24.3 Å². The van der Waals surface area contributed by atoms with E-state index in [2.05, 4.69) is 52.2 Å². The zero-order valence-corrected chi connectivity index (χ0v) is 15.6. The monoisotopic (exact) mass is 362 g/mol. The molecule has 0 aliphatic carbocycles. The van der Waals surface area contributed by atoms with Gasteiger partial charge in [-0.3, -0.25) is 0 Å². The second kappa shape index (κ2) is 8.31. The van der Waals surface area contributed by atoms with Crippen LogP contribution in [0.1, 0.15) is 22.8 Å². The molecule has 0 radical (unpaired) electrons. The van der Waals surface area contributed by atoms with Gasteiger partial charge in [0.2, 0.25) is 5.95 Å². The van der Waals surface area contributed by atoms with Crippen LogP contribution in [0.2, 0.25) is 0 Å². The molecule has 0 saturated heterocycles. The molecule has 2 aromatic carbocycles. The molecule has 0 spiro atoms. The van der Waals surface area contributed by atoms with Crippen LogP contribution in [0.15, 0.2) is 60.8 Å². The maximum Gasteiger partial charge on any atom is 0.339 e. The van der Waals surface area contributed by atoms with Crippen LogP contribution in [0.5, 0.6) is 0 Å². The topological polar surface area (TPSA) is 67.4 Å². The number of benzene rings is 2. The summed E-state index contributed by atoms with van der Waals surface area (Å²) in [4.78, 5) is 23.0. The summed E-state index contributed by atoms with van der Waals surface area (Å²) in [5, 5.41) is 3.12. The molecule has 6 nitrogen and oxygen atoms in total. The number of carbonyl (C=O) groups is 1. The predicted octanol–water partition coefficient (Wildman–Crippen LogP) is 4.47. The molecule has 0 aliphatic rings. The second-order valence-electron chi connectivity index (χ2n) is 5.98. The van der Waals surface area contributed by atoms with Gasteiger partial charge in [-0.15, -0.1) is 0 Å². The number of ether oxygens (including phenoxy) is 1. The van der Waals surface area contributed by atoms with Gasteiger partial charge in [-0.25, -0.2) is 9.78 Å². The highest BCUT2D eigenvalue weighted by Crippen LogP contribution is 2.26. The van der Waals surface area contributed by atoms with Crippen LogP contribution in [-0.2, 0) is 4.74 Å². The summed E-state index contributed by atoms with van der Waals surface area (Å²) >= 11 is 0. The third-order valence-electron chi connectivity index (χ3n) is 4.13. The predicted molar refractivity (Wildman–Crippen MR) is 107 cm³/mol. The summed E-state index contributed by atoms with van der Waals surface area (Å²) in [6, 6.07) is 17.2. The first-order chi connectivity index (χ1) is 13.1. The summed E-state index contributed by atoms with van der Waals surface area (Å²) in [7, 11) is 1.36. The first-order valence-electron chi connectivity index (χ1n) is 8.74. The van der Waals surface area contributed by atoms with E-state index >= 15 is 0 Å². The number of nitrogens with one attached hydrogen (secondary N) is 1. The van der Waals surface area contributed by atoms with E-state index in [0.29, 0.717) is 17.2 Å². The van der Waals surface area contributed by atoms with Crippen molar-refractivity contribution in [2.24, 2.45) is 0 Å². The molecule has 3 aromatic rings. The van der Waals surface area contributed by atoms with Gasteiger partial charge in [0.1, 0.15) is 5.82 Å². The Morgan fingerprint density at radius 2 is 1.96 bits per heavy atom. The van der Waals surface area contributed by atoms with Crippen LogP contribution in [0.3, 0.4) is 0 Å². The van der Waals surface area contributed by atoms with Crippen LogP contribution in [-0.4, -0.2) is 29.6 Å². The van der Waals surface area contributed by atoms with E-state index < -0.39 is 5.97 Å². The molecule has 0 aliphatic heterocycles. The Morgan fingerprint density at radius 3 is 2.70 bits per heavy atom. The minimum atomic E-state index is -0.413. The molecule has 3 rings (SSSR count). The Bertz CT molecular complexity index is 943. The molecule has 0 atom stereocenters. The van der Waals surface area contributed by atoms with Gasteiger partial charge in [-0.2, -0.15) is 4.98 Å². The van der Waals surface area contributed by atoms with E-state index in [4.69, 9.17) is 4.74 Å². The average molecular weight is 362 g/mol. The molecule has 1 heterocycles. The molecule has 138 valence electrons. The number of esters is 1. The van der Waals surface area contributed by atoms with Crippen molar-refractivity contribution >= 4 is 29.1 Å². The third kappa shape index (κ3) is 4.23. The Hall–Kier alpha value is -3.41. The van der Waals surface area contributed by atoms with Gasteiger partial charge < -0.3 is 15.0 Å². The summed E-state index contributed by atoms with van der Waals surface area (Å²) in [6.45, 7) is 4.90. The maximum atomic E-state index is 12.0. The second-order valence-corrected chi connectivity index (χ2v) is 5.98. The lowest BCUT2D eigenvalue weighted by Crippen LogP contribution is -2.18. The Balaban J connectivity index is 1.91. The standard InChI is InChI=1S/C21H22N4O2/c1-4-25(16-9-7-8-15(2)14-16)19-12-13-22-21(24-19)23-18-11-6-5-10-17(18)20(26)27-3/h5-14H,4H2,1-3H3,(H,22,23,24). The quantitative estimate of drug-likeness (QED) is 0.653. The third-order valence-corrected chi connectivity index (χ3v) is 4.13. The SMILES string of the molecule is CCN(c1cccc(C)c1)c1ccnc(Nc2ccccc2C(=O)OC)n1. The number of methoxy groups -OCH3 is 1. The lowest BCUT2D eigenvalue weighted by Gasteiger charge is -2.23. The van der Waals surface area contributed by atoms with E-state index in [-0.39, 0.29) is 0 Å². The molecule has 0 amide bonds. The highest BCUT2D eigenvalue weighted by Gasteiger charge is 2.14. The molecule has 0 fully saturated rings. The molecule has 27 heavy (non-hydrogen) atoms. The van der Waals surface area contributed by atoms with Crippen molar-refractivity contribution in [2.75, 3.05) is 23.9 Å². The van der Waals surface area contributed by atoms with E-state index in [1.165, 1.54) is 12.7 Å². The lowest BCUT2D eigenvalue weighted by molar-refractivity contribution is 0.0602. The smallest absolute Gasteiger partial charge is 0.339 e. The maximum absolute atomic E-state index is 12.0. The highest BCUT2D eigenvalue weighted by atomic mass is 16.5. The van der Waals surface area contributed by atoms with Crippen molar-refractivity contribution in [2.45, 2.75) is 13.8 Å². The van der Waals surface area contributed by atoms with Crippen molar-refractivity contribution in [3.63, 3.8) is 0 Å². The van der Waals surface area contributed by atoms with Crippen LogP contribution >= 0.6 is 0 Å². The Labute approximate surface area is 158 Å². The Kier molecular flexibility index (Phi) is 5.66. The molecule has 1 N–H and O–H groups in total. The first kappa shape index (κ1) is 18.4. The van der Waals surface area contributed by atoms with Crippen molar-refractivity contribution in [3.05, 3.63) is 71.9 Å². The molecule has 6 heteroatoms. The molecular formula is C21H22N4O2. The fraction of sp³-hybridized carbons (Fsp3) is 0.190.